The van der Waals surface area contributed by atoms with Gasteiger partial charge in [0.1, 0.15) is 0 Å². The summed E-state index contributed by atoms with van der Waals surface area (Å²) in [6.07, 6.45) is 1.71. The summed E-state index contributed by atoms with van der Waals surface area (Å²) in [6.45, 7) is 0. The molecule has 0 fully saturated rings. The van der Waals surface area contributed by atoms with Crippen LogP contribution in [0.5, 0.6) is 0 Å². The lowest BCUT2D eigenvalue weighted by Crippen LogP contribution is -1.90. The van der Waals surface area contributed by atoms with Crippen LogP contribution in [0.3, 0.4) is 0 Å². The van der Waals surface area contributed by atoms with Gasteiger partial charge in [0.05, 0.1) is 16.8 Å². The van der Waals surface area contributed by atoms with E-state index in [1.54, 1.807) is 18.3 Å². The van der Waals surface area contributed by atoms with E-state index in [-0.39, 0.29) is 5.69 Å². The van der Waals surface area contributed by atoms with E-state index in [1.807, 2.05) is 29.6 Å². The molecule has 0 radical (unpaired) electrons. The minimum atomic E-state index is -0.422. The number of anilines is 1. The number of non-ortho nitro benzene ring substituents is 1. The summed E-state index contributed by atoms with van der Waals surface area (Å²) in [5.41, 5.74) is 5.48. The van der Waals surface area contributed by atoms with E-state index in [4.69, 9.17) is 0 Å². The number of hydrogen-bond donors (Lipinski definition) is 1. The van der Waals surface area contributed by atoms with Gasteiger partial charge in [-0.3, -0.25) is 15.5 Å². The quantitative estimate of drug-likeness (QED) is 0.372. The molecule has 24 heavy (non-hydrogen) atoms. The molecule has 0 aliphatic rings. The summed E-state index contributed by atoms with van der Waals surface area (Å²) in [4.78, 5) is 14.7. The summed E-state index contributed by atoms with van der Waals surface area (Å²) in [7, 11) is 0. The van der Waals surface area contributed by atoms with Crippen LogP contribution in [0.15, 0.2) is 63.5 Å². The second-order valence-electron chi connectivity index (χ2n) is 4.76. The Labute approximate surface area is 150 Å². The van der Waals surface area contributed by atoms with E-state index < -0.39 is 4.92 Å². The number of rotatable bonds is 5. The molecule has 3 rings (SSSR count). The SMILES string of the molecule is O=[N+]([O-])c1ccc(-c2csc(NN=Cc3ccc(Br)cc3)n2)cc1. The summed E-state index contributed by atoms with van der Waals surface area (Å²) in [5, 5.41) is 17.3. The Balaban J connectivity index is 1.67. The van der Waals surface area contributed by atoms with Crippen molar-refractivity contribution in [3.05, 3.63) is 74.1 Å². The lowest BCUT2D eigenvalue weighted by atomic mass is 10.1. The van der Waals surface area contributed by atoms with Gasteiger partial charge in [0.15, 0.2) is 0 Å². The van der Waals surface area contributed by atoms with Crippen molar-refractivity contribution in [2.75, 3.05) is 5.43 Å². The van der Waals surface area contributed by atoms with E-state index in [2.05, 4.69) is 31.4 Å². The molecule has 0 atom stereocenters. The number of nitrogens with zero attached hydrogens (tertiary/aromatic N) is 3. The first-order chi connectivity index (χ1) is 11.6. The van der Waals surface area contributed by atoms with Gasteiger partial charge in [-0.2, -0.15) is 5.10 Å². The van der Waals surface area contributed by atoms with Gasteiger partial charge < -0.3 is 0 Å². The van der Waals surface area contributed by atoms with Gasteiger partial charge in [0, 0.05) is 27.5 Å². The number of benzene rings is 2. The minimum absolute atomic E-state index is 0.0615. The highest BCUT2D eigenvalue weighted by molar-refractivity contribution is 9.10. The minimum Gasteiger partial charge on any atom is -0.258 e. The summed E-state index contributed by atoms with van der Waals surface area (Å²) >= 11 is 4.80. The Bertz CT molecular complexity index is 876. The highest BCUT2D eigenvalue weighted by Gasteiger charge is 2.07. The smallest absolute Gasteiger partial charge is 0.258 e. The molecule has 1 N–H and O–H groups in total. The van der Waals surface area contributed by atoms with Crippen molar-refractivity contribution in [1.29, 1.82) is 0 Å². The number of nitro benzene ring substituents is 1. The van der Waals surface area contributed by atoms with Gasteiger partial charge in [-0.15, -0.1) is 11.3 Å². The number of aromatic nitrogens is 1. The number of nitrogens with one attached hydrogen (secondary N) is 1. The molecule has 0 unspecified atom stereocenters. The maximum Gasteiger partial charge on any atom is 0.269 e. The van der Waals surface area contributed by atoms with Crippen LogP contribution in [0.2, 0.25) is 0 Å². The van der Waals surface area contributed by atoms with Crippen molar-refractivity contribution in [2.24, 2.45) is 5.10 Å². The Kier molecular flexibility index (Phi) is 4.97. The molecule has 0 saturated heterocycles. The van der Waals surface area contributed by atoms with Crippen LogP contribution < -0.4 is 5.43 Å². The number of thiazole rings is 1. The molecule has 8 heteroatoms. The lowest BCUT2D eigenvalue weighted by Gasteiger charge is -1.97. The molecule has 120 valence electrons. The Morgan fingerprint density at radius 1 is 1.17 bits per heavy atom. The van der Waals surface area contributed by atoms with E-state index in [0.717, 1.165) is 21.3 Å². The third kappa shape index (κ3) is 4.03. The highest BCUT2D eigenvalue weighted by atomic mass is 79.9. The van der Waals surface area contributed by atoms with Crippen LogP contribution in [0, 0.1) is 10.1 Å². The number of hydrogen-bond acceptors (Lipinski definition) is 6. The molecule has 3 aromatic rings. The molecule has 0 aliphatic carbocycles. The number of hydrazone groups is 1. The molecular weight excluding hydrogens is 392 g/mol. The van der Waals surface area contributed by atoms with Crippen LogP contribution in [0.1, 0.15) is 5.56 Å². The lowest BCUT2D eigenvalue weighted by molar-refractivity contribution is -0.384. The van der Waals surface area contributed by atoms with E-state index in [1.165, 1.54) is 23.5 Å². The van der Waals surface area contributed by atoms with Crippen molar-refractivity contribution in [2.45, 2.75) is 0 Å². The maximum absolute atomic E-state index is 10.7. The third-order valence-electron chi connectivity index (χ3n) is 3.12. The molecule has 1 heterocycles. The predicted molar refractivity (Wildman–Crippen MR) is 99.6 cm³/mol. The van der Waals surface area contributed by atoms with Gasteiger partial charge >= 0.3 is 0 Å². The normalized spacial score (nSPS) is 10.9. The van der Waals surface area contributed by atoms with Gasteiger partial charge in [-0.25, -0.2) is 4.98 Å². The first kappa shape index (κ1) is 16.3. The zero-order valence-electron chi connectivity index (χ0n) is 12.2. The largest absolute Gasteiger partial charge is 0.269 e. The second-order valence-corrected chi connectivity index (χ2v) is 6.54. The van der Waals surface area contributed by atoms with Crippen LogP contribution in [0.25, 0.3) is 11.3 Å². The molecule has 0 spiro atoms. The summed E-state index contributed by atoms with van der Waals surface area (Å²) < 4.78 is 1.01. The topological polar surface area (TPSA) is 80.4 Å². The second kappa shape index (κ2) is 7.33. The fourth-order valence-corrected chi connectivity index (χ4v) is 2.86. The summed E-state index contributed by atoms with van der Waals surface area (Å²) in [6, 6.07) is 14.1. The predicted octanol–water partition coefficient (Wildman–Crippen LogP) is 4.93. The van der Waals surface area contributed by atoms with Gasteiger partial charge in [-0.05, 0) is 29.8 Å². The van der Waals surface area contributed by atoms with Crippen molar-refractivity contribution in [3.8, 4) is 11.3 Å². The monoisotopic (exact) mass is 402 g/mol. The Morgan fingerprint density at radius 2 is 1.88 bits per heavy atom. The average Bonchev–Trinajstić information content (AvgIpc) is 3.06. The van der Waals surface area contributed by atoms with Crippen LogP contribution >= 0.6 is 27.3 Å². The van der Waals surface area contributed by atoms with Crippen LogP contribution in [-0.2, 0) is 0 Å². The van der Waals surface area contributed by atoms with E-state index in [0.29, 0.717) is 5.13 Å². The van der Waals surface area contributed by atoms with Crippen molar-refractivity contribution >= 4 is 44.3 Å². The van der Waals surface area contributed by atoms with Crippen molar-refractivity contribution in [3.63, 3.8) is 0 Å². The first-order valence-corrected chi connectivity index (χ1v) is 8.54. The van der Waals surface area contributed by atoms with Gasteiger partial charge in [-0.1, -0.05) is 28.1 Å². The molecule has 0 bridgehead atoms. The van der Waals surface area contributed by atoms with Gasteiger partial charge in [0.2, 0.25) is 5.13 Å². The van der Waals surface area contributed by atoms with E-state index >= 15 is 0 Å². The van der Waals surface area contributed by atoms with Crippen molar-refractivity contribution in [1.82, 2.24) is 4.98 Å². The molecule has 2 aromatic carbocycles. The van der Waals surface area contributed by atoms with Crippen molar-refractivity contribution < 1.29 is 4.92 Å². The van der Waals surface area contributed by atoms with Crippen LogP contribution in [0.4, 0.5) is 10.8 Å². The Hall–Kier alpha value is -2.58. The molecule has 1 aromatic heterocycles. The standard InChI is InChI=1S/C16H11BrN4O2S/c17-13-5-1-11(2-6-13)9-18-20-16-19-15(10-24-16)12-3-7-14(8-4-12)21(22)23/h1-10H,(H,19,20). The average molecular weight is 403 g/mol. The summed E-state index contributed by atoms with van der Waals surface area (Å²) in [5.74, 6) is 0. The van der Waals surface area contributed by atoms with Crippen LogP contribution in [-0.4, -0.2) is 16.1 Å². The zero-order chi connectivity index (χ0) is 16.9. The molecule has 0 saturated carbocycles. The highest BCUT2D eigenvalue weighted by Crippen LogP contribution is 2.26. The fourth-order valence-electron chi connectivity index (χ4n) is 1.92. The van der Waals surface area contributed by atoms with E-state index in [9.17, 15) is 10.1 Å². The first-order valence-electron chi connectivity index (χ1n) is 6.87. The third-order valence-corrected chi connectivity index (χ3v) is 4.40. The molecule has 0 amide bonds. The molecule has 6 nitrogen and oxygen atoms in total. The Morgan fingerprint density at radius 3 is 2.54 bits per heavy atom. The molecule has 0 aliphatic heterocycles. The zero-order valence-corrected chi connectivity index (χ0v) is 14.6. The molecular formula is C16H11BrN4O2S. The number of halogens is 1. The number of nitro groups is 1. The van der Waals surface area contributed by atoms with Gasteiger partial charge in [0.25, 0.3) is 5.69 Å². The fraction of sp³-hybridized carbons (Fsp3) is 0. The maximum atomic E-state index is 10.7.